The number of urea groups is 2. The molecule has 118 valence electrons. The molecule has 1 aromatic heterocycles. The summed E-state index contributed by atoms with van der Waals surface area (Å²) in [7, 11) is 1.49. The Kier molecular flexibility index (Phi) is 3.94. The molecule has 0 spiro atoms. The summed E-state index contributed by atoms with van der Waals surface area (Å²) in [4.78, 5) is 34.7. The highest BCUT2D eigenvalue weighted by Crippen LogP contribution is 2.24. The van der Waals surface area contributed by atoms with Gasteiger partial charge in [-0.25, -0.2) is 24.5 Å². The molecule has 4 amide bonds. The van der Waals surface area contributed by atoms with Gasteiger partial charge in [-0.3, -0.25) is 0 Å². The Bertz CT molecular complexity index is 581. The van der Waals surface area contributed by atoms with E-state index in [1.807, 2.05) is 0 Å². The van der Waals surface area contributed by atoms with E-state index in [0.717, 1.165) is 0 Å². The number of hydrogen-bond acceptors (Lipinski definition) is 6. The number of nitrogens with one attached hydrogen (secondary N) is 1. The summed E-state index contributed by atoms with van der Waals surface area (Å²) in [5, 5.41) is 2.61. The van der Waals surface area contributed by atoms with E-state index in [1.54, 1.807) is 4.90 Å². The zero-order chi connectivity index (χ0) is 15.5. The zero-order valence-electron chi connectivity index (χ0n) is 12.2. The van der Waals surface area contributed by atoms with Crippen LogP contribution >= 0.6 is 0 Å². The minimum atomic E-state index is -0.343. The van der Waals surface area contributed by atoms with Crippen LogP contribution in [0, 0.1) is 0 Å². The van der Waals surface area contributed by atoms with Crippen LogP contribution in [0.3, 0.4) is 0 Å². The van der Waals surface area contributed by atoms with Gasteiger partial charge in [0.1, 0.15) is 6.10 Å². The molecule has 2 aliphatic rings. The Morgan fingerprint density at radius 2 is 2.09 bits per heavy atom. The first-order valence-electron chi connectivity index (χ1n) is 7.05. The second-order valence-electron chi connectivity index (χ2n) is 5.01. The van der Waals surface area contributed by atoms with Gasteiger partial charge in [-0.1, -0.05) is 0 Å². The lowest BCUT2D eigenvalue weighted by molar-refractivity contribution is 0.158. The molecule has 22 heavy (non-hydrogen) atoms. The summed E-state index contributed by atoms with van der Waals surface area (Å²) in [6.45, 7) is 1.84. The fraction of sp³-hybridized carbons (Fsp3) is 0.538. The maximum atomic E-state index is 12.3. The highest BCUT2D eigenvalue weighted by atomic mass is 16.5. The zero-order valence-corrected chi connectivity index (χ0v) is 12.2. The fourth-order valence-electron chi connectivity index (χ4n) is 2.51. The molecule has 3 heterocycles. The van der Waals surface area contributed by atoms with Crippen LogP contribution in [0.15, 0.2) is 12.4 Å². The van der Waals surface area contributed by atoms with Gasteiger partial charge in [-0.15, -0.1) is 0 Å². The summed E-state index contributed by atoms with van der Waals surface area (Å²) in [5.74, 6) is 0.620. The van der Waals surface area contributed by atoms with Crippen LogP contribution in [0.1, 0.15) is 6.42 Å². The number of carbonyl (C=O) groups is 2. The molecule has 2 aliphatic heterocycles. The molecule has 2 saturated heterocycles. The summed E-state index contributed by atoms with van der Waals surface area (Å²) in [6, 6.07) is -0.628. The molecule has 9 heteroatoms. The Hall–Kier alpha value is -2.58. The third-order valence-corrected chi connectivity index (χ3v) is 3.61. The maximum absolute atomic E-state index is 12.3. The molecular formula is C13H17N5O4. The molecule has 1 aromatic rings. The van der Waals surface area contributed by atoms with Gasteiger partial charge in [0.2, 0.25) is 0 Å². The van der Waals surface area contributed by atoms with Crippen LogP contribution in [0.2, 0.25) is 0 Å². The Morgan fingerprint density at radius 1 is 1.32 bits per heavy atom. The first-order chi connectivity index (χ1) is 10.7. The van der Waals surface area contributed by atoms with Crippen molar-refractivity contribution in [1.82, 2.24) is 25.1 Å². The van der Waals surface area contributed by atoms with Gasteiger partial charge in [0.05, 0.1) is 13.7 Å². The lowest BCUT2D eigenvalue weighted by Gasteiger charge is -2.21. The molecule has 0 aliphatic carbocycles. The quantitative estimate of drug-likeness (QED) is 0.849. The predicted molar refractivity (Wildman–Crippen MR) is 74.7 cm³/mol. The molecule has 1 N–H and O–H groups in total. The minimum Gasteiger partial charge on any atom is -0.477 e. The van der Waals surface area contributed by atoms with Crippen molar-refractivity contribution in [3.05, 3.63) is 12.4 Å². The average molecular weight is 307 g/mol. The molecule has 9 nitrogen and oxygen atoms in total. The molecule has 3 rings (SSSR count). The second kappa shape index (κ2) is 6.04. The Balaban J connectivity index is 1.60. The summed E-state index contributed by atoms with van der Waals surface area (Å²) in [5.41, 5.74) is 0. The molecule has 2 fully saturated rings. The topological polar surface area (TPSA) is 96.9 Å². The Labute approximate surface area is 127 Å². The van der Waals surface area contributed by atoms with Crippen molar-refractivity contribution in [3.63, 3.8) is 0 Å². The van der Waals surface area contributed by atoms with Crippen molar-refractivity contribution >= 4 is 12.1 Å². The smallest absolute Gasteiger partial charge is 0.328 e. The normalized spacial score (nSPS) is 21.0. The van der Waals surface area contributed by atoms with Gasteiger partial charge < -0.3 is 19.7 Å². The SMILES string of the molecule is COc1nccnc1OC1CCN(C(=O)N2CCNC2=O)C1. The molecule has 1 unspecified atom stereocenters. The largest absolute Gasteiger partial charge is 0.477 e. The third kappa shape index (κ3) is 2.74. The molecule has 0 radical (unpaired) electrons. The van der Waals surface area contributed by atoms with Crippen LogP contribution in [0.25, 0.3) is 0 Å². The number of ether oxygens (including phenoxy) is 2. The van der Waals surface area contributed by atoms with Crippen LogP contribution in [-0.2, 0) is 0 Å². The number of aromatic nitrogens is 2. The van der Waals surface area contributed by atoms with Crippen molar-refractivity contribution in [2.75, 3.05) is 33.3 Å². The van der Waals surface area contributed by atoms with Crippen LogP contribution in [0.5, 0.6) is 11.8 Å². The average Bonchev–Trinajstić information content (AvgIpc) is 3.16. The Morgan fingerprint density at radius 3 is 2.77 bits per heavy atom. The van der Waals surface area contributed by atoms with Crippen LogP contribution in [0.4, 0.5) is 9.59 Å². The number of amides is 4. The van der Waals surface area contributed by atoms with Gasteiger partial charge in [0.15, 0.2) is 0 Å². The number of methoxy groups -OCH3 is 1. The van der Waals surface area contributed by atoms with Crippen molar-refractivity contribution in [3.8, 4) is 11.8 Å². The standard InChI is InChI=1S/C13H17N5O4/c1-21-10-11(15-4-3-14-10)22-9-2-6-17(8-9)13(20)18-7-5-16-12(18)19/h3-4,9H,2,5-8H2,1H3,(H,16,19). The molecule has 0 bridgehead atoms. The monoisotopic (exact) mass is 307 g/mol. The summed E-state index contributed by atoms with van der Waals surface area (Å²) >= 11 is 0. The fourth-order valence-corrected chi connectivity index (χ4v) is 2.51. The van der Waals surface area contributed by atoms with E-state index in [9.17, 15) is 9.59 Å². The van der Waals surface area contributed by atoms with E-state index >= 15 is 0 Å². The van der Waals surface area contributed by atoms with Crippen molar-refractivity contribution in [2.45, 2.75) is 12.5 Å². The summed E-state index contributed by atoms with van der Waals surface area (Å²) in [6.07, 6.45) is 3.51. The van der Waals surface area contributed by atoms with Crippen molar-refractivity contribution in [2.24, 2.45) is 0 Å². The number of imide groups is 1. The van der Waals surface area contributed by atoms with Gasteiger partial charge in [-0.05, 0) is 0 Å². The first-order valence-corrected chi connectivity index (χ1v) is 7.05. The minimum absolute atomic E-state index is 0.194. The van der Waals surface area contributed by atoms with Gasteiger partial charge in [-0.2, -0.15) is 0 Å². The highest BCUT2D eigenvalue weighted by Gasteiger charge is 2.35. The number of likely N-dealkylation sites (tertiary alicyclic amines) is 1. The molecule has 0 aromatic carbocycles. The molecular weight excluding hydrogens is 290 g/mol. The maximum Gasteiger partial charge on any atom is 0.328 e. The number of rotatable bonds is 3. The number of carbonyl (C=O) groups excluding carboxylic acids is 2. The van der Waals surface area contributed by atoms with Gasteiger partial charge in [0, 0.05) is 38.4 Å². The van der Waals surface area contributed by atoms with E-state index in [4.69, 9.17) is 9.47 Å². The highest BCUT2D eigenvalue weighted by molar-refractivity contribution is 5.95. The summed E-state index contributed by atoms with van der Waals surface area (Å²) < 4.78 is 10.8. The molecule has 0 saturated carbocycles. The van der Waals surface area contributed by atoms with Crippen LogP contribution < -0.4 is 14.8 Å². The van der Waals surface area contributed by atoms with Gasteiger partial charge >= 0.3 is 12.1 Å². The van der Waals surface area contributed by atoms with E-state index in [2.05, 4.69) is 15.3 Å². The third-order valence-electron chi connectivity index (χ3n) is 3.61. The van der Waals surface area contributed by atoms with E-state index in [0.29, 0.717) is 44.4 Å². The van der Waals surface area contributed by atoms with Crippen LogP contribution in [-0.4, -0.2) is 71.2 Å². The first kappa shape index (κ1) is 14.4. The molecule has 1 atom stereocenters. The number of nitrogens with zero attached hydrogens (tertiary/aromatic N) is 4. The predicted octanol–water partition coefficient (Wildman–Crippen LogP) is 0.0835. The van der Waals surface area contributed by atoms with E-state index in [1.165, 1.54) is 24.4 Å². The van der Waals surface area contributed by atoms with Crippen molar-refractivity contribution in [1.29, 1.82) is 0 Å². The number of hydrogen-bond donors (Lipinski definition) is 1. The van der Waals surface area contributed by atoms with E-state index in [-0.39, 0.29) is 18.2 Å². The van der Waals surface area contributed by atoms with Crippen molar-refractivity contribution < 1.29 is 19.1 Å². The van der Waals surface area contributed by atoms with E-state index < -0.39 is 0 Å². The lowest BCUT2D eigenvalue weighted by atomic mass is 10.3. The lowest BCUT2D eigenvalue weighted by Crippen LogP contribution is -2.44. The van der Waals surface area contributed by atoms with Gasteiger partial charge in [0.25, 0.3) is 11.8 Å². The second-order valence-corrected chi connectivity index (χ2v) is 5.01.